The number of hydrogen-bond donors (Lipinski definition) is 2. The zero-order chi connectivity index (χ0) is 14.4. The lowest BCUT2D eigenvalue weighted by molar-refractivity contribution is -0.115. The third-order valence-corrected chi connectivity index (χ3v) is 2.95. The Balaban J connectivity index is 1.79. The van der Waals surface area contributed by atoms with Crippen molar-refractivity contribution in [1.29, 1.82) is 0 Å². The molecule has 0 radical (unpaired) electrons. The van der Waals surface area contributed by atoms with Gasteiger partial charge in [0, 0.05) is 12.2 Å². The molecule has 2 aromatic rings. The van der Waals surface area contributed by atoms with Crippen molar-refractivity contribution in [2.24, 2.45) is 0 Å². The van der Waals surface area contributed by atoms with Gasteiger partial charge in [-0.3, -0.25) is 4.79 Å². The number of carbonyl (C=O) groups excluding carboxylic acids is 1. The molecule has 0 aliphatic carbocycles. The highest BCUT2D eigenvalue weighted by Gasteiger charge is 2.05. The van der Waals surface area contributed by atoms with E-state index >= 15 is 0 Å². The summed E-state index contributed by atoms with van der Waals surface area (Å²) >= 11 is 5.64. The van der Waals surface area contributed by atoms with Crippen LogP contribution in [0, 0.1) is 5.82 Å². The normalized spacial score (nSPS) is 10.3. The maximum absolute atomic E-state index is 13.0. The summed E-state index contributed by atoms with van der Waals surface area (Å²) in [4.78, 5) is 11.7. The van der Waals surface area contributed by atoms with Crippen LogP contribution in [0.4, 0.5) is 10.1 Å². The Morgan fingerprint density at radius 3 is 2.60 bits per heavy atom. The Morgan fingerprint density at radius 1 is 1.15 bits per heavy atom. The van der Waals surface area contributed by atoms with Crippen molar-refractivity contribution in [1.82, 2.24) is 5.32 Å². The maximum Gasteiger partial charge on any atom is 0.238 e. The first-order valence-electron chi connectivity index (χ1n) is 6.15. The van der Waals surface area contributed by atoms with E-state index in [9.17, 15) is 9.18 Å². The highest BCUT2D eigenvalue weighted by molar-refractivity contribution is 6.31. The summed E-state index contributed by atoms with van der Waals surface area (Å²) in [7, 11) is 0. The molecule has 0 aliphatic heterocycles. The molecule has 0 aromatic heterocycles. The molecule has 0 heterocycles. The quantitative estimate of drug-likeness (QED) is 0.888. The van der Waals surface area contributed by atoms with Gasteiger partial charge >= 0.3 is 0 Å². The topological polar surface area (TPSA) is 41.1 Å². The first-order valence-corrected chi connectivity index (χ1v) is 6.52. The predicted octanol–water partition coefficient (Wildman–Crippen LogP) is 3.21. The van der Waals surface area contributed by atoms with Crippen molar-refractivity contribution in [3.63, 3.8) is 0 Å². The Morgan fingerprint density at radius 2 is 1.90 bits per heavy atom. The highest BCUT2D eigenvalue weighted by atomic mass is 35.5. The summed E-state index contributed by atoms with van der Waals surface area (Å²) < 4.78 is 13.0. The lowest BCUT2D eigenvalue weighted by atomic mass is 10.2. The van der Waals surface area contributed by atoms with Gasteiger partial charge in [0.2, 0.25) is 5.91 Å². The number of nitrogens with one attached hydrogen (secondary N) is 2. The fourth-order valence-corrected chi connectivity index (χ4v) is 1.88. The van der Waals surface area contributed by atoms with Crippen LogP contribution in [0.5, 0.6) is 0 Å². The summed E-state index contributed by atoms with van der Waals surface area (Å²) in [5, 5.41) is 5.66. The molecule has 104 valence electrons. The standard InChI is InChI=1S/C15H14ClFN2O/c16-13-8-12(6-7-14(13)17)19-15(20)10-18-9-11-4-2-1-3-5-11/h1-8,18H,9-10H2,(H,19,20). The fourth-order valence-electron chi connectivity index (χ4n) is 1.70. The molecule has 2 rings (SSSR count). The highest BCUT2D eigenvalue weighted by Crippen LogP contribution is 2.19. The van der Waals surface area contributed by atoms with Crippen molar-refractivity contribution in [3.05, 3.63) is 64.9 Å². The van der Waals surface area contributed by atoms with Crippen LogP contribution >= 0.6 is 11.6 Å². The third-order valence-electron chi connectivity index (χ3n) is 2.66. The van der Waals surface area contributed by atoms with E-state index in [0.717, 1.165) is 5.56 Å². The monoisotopic (exact) mass is 292 g/mol. The van der Waals surface area contributed by atoms with Gasteiger partial charge < -0.3 is 10.6 Å². The summed E-state index contributed by atoms with van der Waals surface area (Å²) in [6.07, 6.45) is 0. The van der Waals surface area contributed by atoms with Crippen LogP contribution in [-0.4, -0.2) is 12.5 Å². The summed E-state index contributed by atoms with van der Waals surface area (Å²) in [6.45, 7) is 0.780. The van der Waals surface area contributed by atoms with E-state index in [4.69, 9.17) is 11.6 Å². The molecule has 1 amide bonds. The van der Waals surface area contributed by atoms with E-state index in [1.165, 1.54) is 18.2 Å². The van der Waals surface area contributed by atoms with Gasteiger partial charge in [0.15, 0.2) is 0 Å². The van der Waals surface area contributed by atoms with Crippen LogP contribution < -0.4 is 10.6 Å². The molecule has 0 unspecified atom stereocenters. The smallest absolute Gasteiger partial charge is 0.238 e. The van der Waals surface area contributed by atoms with Crippen LogP contribution in [0.1, 0.15) is 5.56 Å². The van der Waals surface area contributed by atoms with E-state index in [1.807, 2.05) is 30.3 Å². The van der Waals surface area contributed by atoms with Crippen molar-refractivity contribution in [3.8, 4) is 0 Å². The van der Waals surface area contributed by atoms with Gasteiger partial charge in [-0.25, -0.2) is 4.39 Å². The largest absolute Gasteiger partial charge is 0.325 e. The molecule has 5 heteroatoms. The zero-order valence-corrected chi connectivity index (χ0v) is 11.5. The third kappa shape index (κ3) is 4.33. The number of amides is 1. The predicted molar refractivity (Wildman–Crippen MR) is 78.2 cm³/mol. The lowest BCUT2D eigenvalue weighted by Crippen LogP contribution is -2.27. The number of anilines is 1. The van der Waals surface area contributed by atoms with E-state index in [-0.39, 0.29) is 17.5 Å². The maximum atomic E-state index is 13.0. The molecule has 20 heavy (non-hydrogen) atoms. The van der Waals surface area contributed by atoms with E-state index < -0.39 is 5.82 Å². The molecule has 0 spiro atoms. The van der Waals surface area contributed by atoms with Crippen LogP contribution in [0.25, 0.3) is 0 Å². The molecular formula is C15H14ClFN2O. The fraction of sp³-hybridized carbons (Fsp3) is 0.133. The zero-order valence-electron chi connectivity index (χ0n) is 10.7. The molecule has 2 aromatic carbocycles. The summed E-state index contributed by atoms with van der Waals surface area (Å²) in [5.41, 5.74) is 1.58. The molecule has 2 N–H and O–H groups in total. The van der Waals surface area contributed by atoms with Gasteiger partial charge in [0.1, 0.15) is 5.82 Å². The Bertz CT molecular complexity index is 590. The SMILES string of the molecule is O=C(CNCc1ccccc1)Nc1ccc(F)c(Cl)c1. The van der Waals surface area contributed by atoms with Crippen molar-refractivity contribution in [2.75, 3.05) is 11.9 Å². The number of carbonyl (C=O) groups is 1. The minimum absolute atomic E-state index is 0.0138. The number of hydrogen-bond acceptors (Lipinski definition) is 2. The van der Waals surface area contributed by atoms with E-state index in [1.54, 1.807) is 0 Å². The number of benzene rings is 2. The molecule has 0 saturated carbocycles. The molecule has 0 saturated heterocycles. The summed E-state index contributed by atoms with van der Waals surface area (Å²) in [5.74, 6) is -0.713. The Labute approximate surface area is 121 Å². The van der Waals surface area contributed by atoms with Gasteiger partial charge in [-0.05, 0) is 23.8 Å². The molecule has 0 atom stereocenters. The van der Waals surface area contributed by atoms with Crippen LogP contribution in [-0.2, 0) is 11.3 Å². The van der Waals surface area contributed by atoms with Crippen molar-refractivity contribution < 1.29 is 9.18 Å². The van der Waals surface area contributed by atoms with E-state index in [0.29, 0.717) is 12.2 Å². The van der Waals surface area contributed by atoms with Gasteiger partial charge in [0.05, 0.1) is 11.6 Å². The molecule has 0 bridgehead atoms. The lowest BCUT2D eigenvalue weighted by Gasteiger charge is -2.07. The van der Waals surface area contributed by atoms with Crippen LogP contribution in [0.2, 0.25) is 5.02 Å². The first-order chi connectivity index (χ1) is 9.65. The first kappa shape index (κ1) is 14.5. The van der Waals surface area contributed by atoms with Gasteiger partial charge in [-0.2, -0.15) is 0 Å². The minimum atomic E-state index is -0.508. The summed E-state index contributed by atoms with van der Waals surface area (Å²) in [6, 6.07) is 13.8. The second-order valence-corrected chi connectivity index (χ2v) is 4.67. The Kier molecular flexibility index (Phi) is 5.09. The Hall–Kier alpha value is -1.91. The average molecular weight is 293 g/mol. The second-order valence-electron chi connectivity index (χ2n) is 4.27. The molecule has 3 nitrogen and oxygen atoms in total. The average Bonchev–Trinajstić information content (AvgIpc) is 2.44. The van der Waals surface area contributed by atoms with E-state index in [2.05, 4.69) is 10.6 Å². The number of rotatable bonds is 5. The van der Waals surface area contributed by atoms with Crippen molar-refractivity contribution in [2.45, 2.75) is 6.54 Å². The second kappa shape index (κ2) is 7.03. The molecular weight excluding hydrogens is 279 g/mol. The van der Waals surface area contributed by atoms with Crippen LogP contribution in [0.3, 0.4) is 0 Å². The molecule has 0 aliphatic rings. The minimum Gasteiger partial charge on any atom is -0.325 e. The van der Waals surface area contributed by atoms with Gasteiger partial charge in [-0.1, -0.05) is 41.9 Å². The van der Waals surface area contributed by atoms with Gasteiger partial charge in [0.25, 0.3) is 0 Å². The van der Waals surface area contributed by atoms with Crippen molar-refractivity contribution >= 4 is 23.2 Å². The van der Waals surface area contributed by atoms with Gasteiger partial charge in [-0.15, -0.1) is 0 Å². The molecule has 0 fully saturated rings. The van der Waals surface area contributed by atoms with Crippen LogP contribution in [0.15, 0.2) is 48.5 Å². The number of halogens is 2.